The number of aromatic amines is 1. The average molecular weight is 665 g/mol. The van der Waals surface area contributed by atoms with E-state index >= 15 is 4.39 Å². The zero-order valence-electron chi connectivity index (χ0n) is 26.8. The predicted molar refractivity (Wildman–Crippen MR) is 184 cm³/mol. The van der Waals surface area contributed by atoms with Crippen LogP contribution in [-0.2, 0) is 11.2 Å². The minimum Gasteiger partial charge on any atom is -0.493 e. The van der Waals surface area contributed by atoms with E-state index in [0.29, 0.717) is 57.2 Å². The number of methoxy groups -OCH3 is 1. The molecule has 250 valence electrons. The number of hydrogen-bond acceptors (Lipinski definition) is 9. The first kappa shape index (κ1) is 32.1. The van der Waals surface area contributed by atoms with Gasteiger partial charge in [0.25, 0.3) is 0 Å². The number of H-pyrrole nitrogens is 1. The van der Waals surface area contributed by atoms with Crippen LogP contribution in [0.4, 0.5) is 20.3 Å². The van der Waals surface area contributed by atoms with Gasteiger partial charge in [-0.05, 0) is 53.9 Å². The molecule has 1 aliphatic heterocycles. The molecule has 49 heavy (non-hydrogen) atoms. The molecule has 0 amide bonds. The van der Waals surface area contributed by atoms with Gasteiger partial charge in [0.05, 0.1) is 49.0 Å². The first-order valence-corrected chi connectivity index (χ1v) is 16.0. The standard InChI is InChI=1S/C37H34F2N6O4/c1-47-33-20-32-27(19-34(33)49-13-3-10-45-11-14-48-15-12-45)31(42-22-43-32)17-24-6-7-26(18-29(24)39)44-37-35-30(8-9-40-37)41-21-28(36(35)46)23-4-2-5-25(38)16-23/h2,4-9,16,18-22H,3,10-15,17H2,1H3,(H,40,44)(H,41,46). The van der Waals surface area contributed by atoms with E-state index < -0.39 is 11.6 Å². The molecule has 0 saturated carbocycles. The van der Waals surface area contributed by atoms with Crippen molar-refractivity contribution in [1.82, 2.24) is 24.8 Å². The fourth-order valence-corrected chi connectivity index (χ4v) is 6.04. The Hall–Kier alpha value is -5.46. The number of pyridine rings is 2. The monoisotopic (exact) mass is 664 g/mol. The number of nitrogens with zero attached hydrogens (tertiary/aromatic N) is 4. The molecule has 12 heteroatoms. The lowest BCUT2D eigenvalue weighted by Gasteiger charge is -2.26. The van der Waals surface area contributed by atoms with E-state index in [1.54, 1.807) is 55.9 Å². The highest BCUT2D eigenvalue weighted by molar-refractivity contribution is 5.93. The molecule has 3 aromatic carbocycles. The van der Waals surface area contributed by atoms with Crippen molar-refractivity contribution in [1.29, 1.82) is 0 Å². The highest BCUT2D eigenvalue weighted by Crippen LogP contribution is 2.34. The average Bonchev–Trinajstić information content (AvgIpc) is 3.11. The third kappa shape index (κ3) is 7.06. The van der Waals surface area contributed by atoms with Gasteiger partial charge in [-0.2, -0.15) is 0 Å². The Balaban J connectivity index is 1.11. The number of aromatic nitrogens is 4. The van der Waals surface area contributed by atoms with Crippen molar-refractivity contribution < 1.29 is 23.0 Å². The van der Waals surface area contributed by atoms with Crippen molar-refractivity contribution in [3.05, 3.63) is 112 Å². The van der Waals surface area contributed by atoms with Crippen molar-refractivity contribution >= 4 is 33.3 Å². The zero-order valence-corrected chi connectivity index (χ0v) is 26.8. The lowest BCUT2D eigenvalue weighted by atomic mass is 10.0. The summed E-state index contributed by atoms with van der Waals surface area (Å²) in [5, 5.41) is 4.11. The number of fused-ring (bicyclic) bond motifs is 2. The second kappa shape index (κ2) is 14.3. The molecule has 2 N–H and O–H groups in total. The Morgan fingerprint density at radius 2 is 1.88 bits per heavy atom. The van der Waals surface area contributed by atoms with Gasteiger partial charge in [0.15, 0.2) is 11.5 Å². The molecule has 0 radical (unpaired) electrons. The van der Waals surface area contributed by atoms with Gasteiger partial charge in [-0.3, -0.25) is 9.69 Å². The number of morpholine rings is 1. The molecule has 0 bridgehead atoms. The summed E-state index contributed by atoms with van der Waals surface area (Å²) < 4.78 is 46.7. The van der Waals surface area contributed by atoms with Gasteiger partial charge in [0, 0.05) is 61.2 Å². The van der Waals surface area contributed by atoms with Crippen LogP contribution in [0.25, 0.3) is 32.9 Å². The van der Waals surface area contributed by atoms with E-state index in [0.717, 1.165) is 44.7 Å². The topological polar surface area (TPSA) is 114 Å². The third-order valence-corrected chi connectivity index (χ3v) is 8.59. The zero-order chi connectivity index (χ0) is 33.7. The Morgan fingerprint density at radius 1 is 1.00 bits per heavy atom. The minimum atomic E-state index is -0.459. The highest BCUT2D eigenvalue weighted by atomic mass is 19.1. The molecule has 0 aliphatic carbocycles. The summed E-state index contributed by atoms with van der Waals surface area (Å²) in [6, 6.07) is 15.9. The number of ether oxygens (including phenoxy) is 3. The van der Waals surface area contributed by atoms with Crippen LogP contribution in [-0.4, -0.2) is 71.4 Å². The van der Waals surface area contributed by atoms with Gasteiger partial charge in [0.2, 0.25) is 5.43 Å². The summed E-state index contributed by atoms with van der Waals surface area (Å²) in [5.41, 5.74) is 3.05. The number of benzene rings is 3. The first-order chi connectivity index (χ1) is 24.0. The number of halogens is 2. The highest BCUT2D eigenvalue weighted by Gasteiger charge is 2.17. The molecule has 1 saturated heterocycles. The molecule has 0 unspecified atom stereocenters. The van der Waals surface area contributed by atoms with Crippen LogP contribution in [0, 0.1) is 11.6 Å². The van der Waals surface area contributed by atoms with Crippen molar-refractivity contribution in [3.8, 4) is 22.6 Å². The molecule has 7 rings (SSSR count). The van der Waals surface area contributed by atoms with Crippen molar-refractivity contribution in [2.45, 2.75) is 12.8 Å². The van der Waals surface area contributed by atoms with Gasteiger partial charge < -0.3 is 24.5 Å². The normalized spacial score (nSPS) is 13.5. The van der Waals surface area contributed by atoms with Crippen LogP contribution in [0.3, 0.4) is 0 Å². The van der Waals surface area contributed by atoms with Crippen LogP contribution in [0.5, 0.6) is 11.5 Å². The molecule has 0 atom stereocenters. The number of rotatable bonds is 11. The quantitative estimate of drug-likeness (QED) is 0.155. The summed E-state index contributed by atoms with van der Waals surface area (Å²) in [7, 11) is 1.59. The van der Waals surface area contributed by atoms with E-state index in [4.69, 9.17) is 14.2 Å². The molecule has 4 heterocycles. The maximum atomic E-state index is 15.6. The van der Waals surface area contributed by atoms with Gasteiger partial charge in [-0.1, -0.05) is 18.2 Å². The number of anilines is 2. The Bertz CT molecular complexity index is 2190. The minimum absolute atomic E-state index is 0.205. The lowest BCUT2D eigenvalue weighted by molar-refractivity contribution is 0.0357. The van der Waals surface area contributed by atoms with Crippen LogP contribution < -0.4 is 20.2 Å². The van der Waals surface area contributed by atoms with E-state index in [1.165, 1.54) is 24.5 Å². The molecule has 10 nitrogen and oxygen atoms in total. The molecule has 3 aromatic heterocycles. The van der Waals surface area contributed by atoms with Gasteiger partial charge in [-0.25, -0.2) is 23.7 Å². The van der Waals surface area contributed by atoms with Crippen LogP contribution in [0.15, 0.2) is 84.2 Å². The maximum absolute atomic E-state index is 15.6. The van der Waals surface area contributed by atoms with E-state index in [1.807, 2.05) is 6.07 Å². The van der Waals surface area contributed by atoms with E-state index in [-0.39, 0.29) is 23.1 Å². The van der Waals surface area contributed by atoms with Gasteiger partial charge in [0.1, 0.15) is 23.8 Å². The Kier molecular flexibility index (Phi) is 9.40. The van der Waals surface area contributed by atoms with E-state index in [9.17, 15) is 9.18 Å². The summed E-state index contributed by atoms with van der Waals surface area (Å²) >= 11 is 0. The summed E-state index contributed by atoms with van der Waals surface area (Å²) in [5.74, 6) is 0.479. The van der Waals surface area contributed by atoms with Crippen molar-refractivity contribution in [2.75, 3.05) is 51.9 Å². The Morgan fingerprint density at radius 3 is 2.69 bits per heavy atom. The van der Waals surface area contributed by atoms with Crippen LogP contribution in [0.1, 0.15) is 17.7 Å². The fraction of sp³-hybridized carbons (Fsp3) is 0.243. The third-order valence-electron chi connectivity index (χ3n) is 8.59. The van der Waals surface area contributed by atoms with Crippen molar-refractivity contribution in [2.24, 2.45) is 0 Å². The molecular weight excluding hydrogens is 630 g/mol. The first-order valence-electron chi connectivity index (χ1n) is 16.0. The van der Waals surface area contributed by atoms with Gasteiger partial charge >= 0.3 is 0 Å². The van der Waals surface area contributed by atoms with Crippen molar-refractivity contribution in [3.63, 3.8) is 0 Å². The summed E-state index contributed by atoms with van der Waals surface area (Å²) in [6.07, 6.45) is 5.60. The number of hydrogen-bond donors (Lipinski definition) is 2. The van der Waals surface area contributed by atoms with Gasteiger partial charge in [-0.15, -0.1) is 0 Å². The van der Waals surface area contributed by atoms with Crippen LogP contribution in [0.2, 0.25) is 0 Å². The summed E-state index contributed by atoms with van der Waals surface area (Å²) in [6.45, 7) is 4.78. The molecule has 1 aliphatic rings. The lowest BCUT2D eigenvalue weighted by Crippen LogP contribution is -2.37. The second-order valence-electron chi connectivity index (χ2n) is 11.7. The molecule has 1 fully saturated rings. The van der Waals surface area contributed by atoms with E-state index in [2.05, 4.69) is 30.2 Å². The maximum Gasteiger partial charge on any atom is 0.200 e. The SMILES string of the molecule is COc1cc2ncnc(Cc3ccc(Nc4nccc5[nH]cc(-c6cccc(F)c6)c(=O)c45)cc3F)c2cc1OCCCN1CCOCC1. The number of nitrogens with one attached hydrogen (secondary N) is 2. The predicted octanol–water partition coefficient (Wildman–Crippen LogP) is 6.26. The Labute approximate surface area is 280 Å². The smallest absolute Gasteiger partial charge is 0.200 e. The largest absolute Gasteiger partial charge is 0.493 e. The molecule has 6 aromatic rings. The molecule has 0 spiro atoms. The summed E-state index contributed by atoms with van der Waals surface area (Å²) in [4.78, 5) is 32.3. The van der Waals surface area contributed by atoms with Crippen LogP contribution >= 0.6 is 0 Å². The molecular formula is C37H34F2N6O4. The second-order valence-corrected chi connectivity index (χ2v) is 11.7. The fourth-order valence-electron chi connectivity index (χ4n) is 6.04.